The third-order valence-corrected chi connectivity index (χ3v) is 2.56. The molecule has 0 spiro atoms. The Morgan fingerprint density at radius 1 is 1.31 bits per heavy atom. The van der Waals surface area contributed by atoms with E-state index in [0.29, 0.717) is 6.54 Å². The molecule has 1 heterocycles. The first-order chi connectivity index (χ1) is 7.74. The van der Waals surface area contributed by atoms with Gasteiger partial charge in [-0.05, 0) is 26.1 Å². The van der Waals surface area contributed by atoms with Crippen LogP contribution in [0.1, 0.15) is 11.3 Å². The van der Waals surface area contributed by atoms with Crippen LogP contribution in [0.4, 0.5) is 0 Å². The van der Waals surface area contributed by atoms with Crippen LogP contribution in [-0.2, 0) is 6.54 Å². The van der Waals surface area contributed by atoms with Gasteiger partial charge in [0.2, 0.25) is 0 Å². The minimum atomic E-state index is 0.0121. The number of H-pyrrole nitrogens is 1. The molecule has 0 atom stereocenters. The lowest BCUT2D eigenvalue weighted by atomic mass is 10.2. The molecule has 0 amide bonds. The molecular weight excluding hydrogens is 202 g/mol. The fourth-order valence-corrected chi connectivity index (χ4v) is 1.73. The van der Waals surface area contributed by atoms with Crippen molar-refractivity contribution in [1.82, 2.24) is 15.1 Å². The highest BCUT2D eigenvalue weighted by Crippen LogP contribution is 2.06. The zero-order valence-electron chi connectivity index (χ0n) is 9.45. The Bertz CT molecular complexity index is 525. The third kappa shape index (κ3) is 1.79. The summed E-state index contributed by atoms with van der Waals surface area (Å²) >= 11 is 0. The van der Waals surface area contributed by atoms with Crippen molar-refractivity contribution in [3.05, 3.63) is 51.9 Å². The van der Waals surface area contributed by atoms with Crippen molar-refractivity contribution in [1.29, 1.82) is 0 Å². The minimum absolute atomic E-state index is 0.0121. The van der Waals surface area contributed by atoms with Crippen molar-refractivity contribution in [2.75, 3.05) is 7.05 Å². The maximum Gasteiger partial charge on any atom is 0.275 e. The second kappa shape index (κ2) is 4.37. The molecule has 0 saturated carbocycles. The molecule has 0 aliphatic carbocycles. The number of hydrogen-bond donors (Lipinski definition) is 2. The van der Waals surface area contributed by atoms with E-state index in [1.807, 2.05) is 44.3 Å². The van der Waals surface area contributed by atoms with Crippen LogP contribution in [0, 0.1) is 6.92 Å². The summed E-state index contributed by atoms with van der Waals surface area (Å²) in [5.74, 6) is 0. The Kier molecular flexibility index (Phi) is 2.92. The first kappa shape index (κ1) is 10.7. The summed E-state index contributed by atoms with van der Waals surface area (Å²) in [5.41, 5.74) is 2.56. The number of aromatic nitrogens is 2. The van der Waals surface area contributed by atoms with Crippen LogP contribution >= 0.6 is 0 Å². The molecule has 16 heavy (non-hydrogen) atoms. The molecule has 0 bridgehead atoms. The predicted molar refractivity (Wildman–Crippen MR) is 63.9 cm³/mol. The topological polar surface area (TPSA) is 49.8 Å². The molecule has 84 valence electrons. The zero-order chi connectivity index (χ0) is 11.5. The summed E-state index contributed by atoms with van der Waals surface area (Å²) in [4.78, 5) is 12.1. The molecule has 0 saturated heterocycles. The number of nitrogens with one attached hydrogen (secondary N) is 2. The SMILES string of the molecule is CNCc1c(C)[nH]n(-c2ccccc2)c1=O. The van der Waals surface area contributed by atoms with Gasteiger partial charge in [0.15, 0.2) is 0 Å². The van der Waals surface area contributed by atoms with E-state index in [4.69, 9.17) is 0 Å². The number of rotatable bonds is 3. The van der Waals surface area contributed by atoms with E-state index in [0.717, 1.165) is 16.9 Å². The Morgan fingerprint density at radius 2 is 2.00 bits per heavy atom. The van der Waals surface area contributed by atoms with Gasteiger partial charge in [0.05, 0.1) is 11.3 Å². The van der Waals surface area contributed by atoms with Crippen molar-refractivity contribution in [3.63, 3.8) is 0 Å². The van der Waals surface area contributed by atoms with Gasteiger partial charge >= 0.3 is 0 Å². The largest absolute Gasteiger partial charge is 0.315 e. The van der Waals surface area contributed by atoms with Gasteiger partial charge in [-0.2, -0.15) is 0 Å². The Hall–Kier alpha value is -1.81. The number of benzene rings is 1. The van der Waals surface area contributed by atoms with Crippen LogP contribution in [0.3, 0.4) is 0 Å². The Labute approximate surface area is 93.9 Å². The molecule has 1 aromatic carbocycles. The second-order valence-corrected chi connectivity index (χ2v) is 3.72. The van der Waals surface area contributed by atoms with E-state index in [1.165, 1.54) is 0 Å². The molecule has 2 aromatic rings. The Morgan fingerprint density at radius 3 is 2.62 bits per heavy atom. The van der Waals surface area contributed by atoms with Crippen LogP contribution < -0.4 is 10.9 Å². The molecular formula is C12H15N3O. The highest BCUT2D eigenvalue weighted by molar-refractivity contribution is 5.32. The van der Waals surface area contributed by atoms with Crippen molar-refractivity contribution < 1.29 is 0 Å². The van der Waals surface area contributed by atoms with Crippen molar-refractivity contribution in [2.24, 2.45) is 0 Å². The van der Waals surface area contributed by atoms with E-state index in [-0.39, 0.29) is 5.56 Å². The first-order valence-electron chi connectivity index (χ1n) is 5.24. The van der Waals surface area contributed by atoms with Gasteiger partial charge < -0.3 is 5.32 Å². The maximum absolute atomic E-state index is 12.1. The number of aromatic amines is 1. The molecule has 1 aromatic heterocycles. The average molecular weight is 217 g/mol. The normalized spacial score (nSPS) is 10.6. The van der Waals surface area contributed by atoms with Gasteiger partial charge in [-0.1, -0.05) is 18.2 Å². The van der Waals surface area contributed by atoms with E-state index in [9.17, 15) is 4.79 Å². The van der Waals surface area contributed by atoms with E-state index < -0.39 is 0 Å². The molecule has 0 aliphatic heterocycles. The summed E-state index contributed by atoms with van der Waals surface area (Å²) in [6.45, 7) is 2.49. The molecule has 2 N–H and O–H groups in total. The smallest absolute Gasteiger partial charge is 0.275 e. The Balaban J connectivity index is 2.52. The standard InChI is InChI=1S/C12H15N3O/c1-9-11(8-13-2)12(16)15(14-9)10-6-4-3-5-7-10/h3-7,13-14H,8H2,1-2H3. The third-order valence-electron chi connectivity index (χ3n) is 2.56. The van der Waals surface area contributed by atoms with E-state index in [2.05, 4.69) is 10.4 Å². The summed E-state index contributed by atoms with van der Waals surface area (Å²) in [6.07, 6.45) is 0. The van der Waals surface area contributed by atoms with Gasteiger partial charge in [-0.15, -0.1) is 0 Å². The summed E-state index contributed by atoms with van der Waals surface area (Å²) in [7, 11) is 1.83. The first-order valence-corrected chi connectivity index (χ1v) is 5.24. The van der Waals surface area contributed by atoms with Crippen LogP contribution in [0.2, 0.25) is 0 Å². The van der Waals surface area contributed by atoms with Gasteiger partial charge in [-0.25, -0.2) is 4.68 Å². The van der Waals surface area contributed by atoms with E-state index in [1.54, 1.807) is 4.68 Å². The van der Waals surface area contributed by atoms with Gasteiger partial charge in [-0.3, -0.25) is 9.89 Å². The van der Waals surface area contributed by atoms with Gasteiger partial charge in [0.25, 0.3) is 5.56 Å². The summed E-state index contributed by atoms with van der Waals surface area (Å²) in [5, 5.41) is 6.08. The molecule has 0 radical (unpaired) electrons. The predicted octanol–water partition coefficient (Wildman–Crippen LogP) is 1.19. The van der Waals surface area contributed by atoms with Gasteiger partial charge in [0, 0.05) is 12.2 Å². The summed E-state index contributed by atoms with van der Waals surface area (Å²) < 4.78 is 1.57. The lowest BCUT2D eigenvalue weighted by Crippen LogP contribution is -2.20. The lowest BCUT2D eigenvalue weighted by Gasteiger charge is -1.99. The molecule has 4 nitrogen and oxygen atoms in total. The quantitative estimate of drug-likeness (QED) is 0.811. The zero-order valence-corrected chi connectivity index (χ0v) is 9.45. The molecule has 2 rings (SSSR count). The minimum Gasteiger partial charge on any atom is -0.315 e. The van der Waals surface area contributed by atoms with Crippen LogP contribution in [0.5, 0.6) is 0 Å². The fourth-order valence-electron chi connectivity index (χ4n) is 1.73. The highest BCUT2D eigenvalue weighted by Gasteiger charge is 2.10. The molecule has 0 fully saturated rings. The number of aryl methyl sites for hydroxylation is 1. The fraction of sp³-hybridized carbons (Fsp3) is 0.250. The second-order valence-electron chi connectivity index (χ2n) is 3.72. The van der Waals surface area contributed by atoms with Crippen LogP contribution in [0.25, 0.3) is 5.69 Å². The van der Waals surface area contributed by atoms with E-state index >= 15 is 0 Å². The monoisotopic (exact) mass is 217 g/mol. The molecule has 0 aliphatic rings. The van der Waals surface area contributed by atoms with Crippen molar-refractivity contribution >= 4 is 0 Å². The van der Waals surface area contributed by atoms with Crippen LogP contribution in [0.15, 0.2) is 35.1 Å². The highest BCUT2D eigenvalue weighted by atomic mass is 16.1. The lowest BCUT2D eigenvalue weighted by molar-refractivity contribution is 0.801. The molecule has 4 heteroatoms. The molecule has 0 unspecified atom stereocenters. The maximum atomic E-state index is 12.1. The van der Waals surface area contributed by atoms with Gasteiger partial charge in [0.1, 0.15) is 0 Å². The number of nitrogens with zero attached hydrogens (tertiary/aromatic N) is 1. The number of para-hydroxylation sites is 1. The van der Waals surface area contributed by atoms with Crippen molar-refractivity contribution in [2.45, 2.75) is 13.5 Å². The average Bonchev–Trinajstić information content (AvgIpc) is 2.59. The van der Waals surface area contributed by atoms with Crippen molar-refractivity contribution in [3.8, 4) is 5.69 Å². The van der Waals surface area contributed by atoms with Crippen LogP contribution in [-0.4, -0.2) is 16.8 Å². The summed E-state index contributed by atoms with van der Waals surface area (Å²) in [6, 6.07) is 9.56. The number of hydrogen-bond acceptors (Lipinski definition) is 2.